The Hall–Kier alpha value is -3.67. The molecule has 8 nitrogen and oxygen atoms in total. The maximum Gasteiger partial charge on any atom is 0.573 e. The number of nitrogens with zero attached hydrogens (tertiary/aromatic N) is 3. The van der Waals surface area contributed by atoms with Crippen LogP contribution in [0.2, 0.25) is 0 Å². The third-order valence-electron chi connectivity index (χ3n) is 6.66. The third kappa shape index (κ3) is 4.73. The zero-order valence-electron chi connectivity index (χ0n) is 20.2. The molecule has 1 atom stereocenters. The average Bonchev–Trinajstić information content (AvgIpc) is 3.35. The highest BCUT2D eigenvalue weighted by molar-refractivity contribution is 7.21. The van der Waals surface area contributed by atoms with Crippen molar-refractivity contribution in [1.29, 1.82) is 0 Å². The summed E-state index contributed by atoms with van der Waals surface area (Å²) in [6.07, 6.45) is -2.14. The first-order valence-corrected chi connectivity index (χ1v) is 12.3. The number of alkyl halides is 3. The molecule has 194 valence electrons. The van der Waals surface area contributed by atoms with E-state index < -0.39 is 29.5 Å². The van der Waals surface area contributed by atoms with Crippen molar-refractivity contribution in [2.24, 2.45) is 11.3 Å². The van der Waals surface area contributed by atoms with Crippen molar-refractivity contribution < 1.29 is 37.0 Å². The van der Waals surface area contributed by atoms with Crippen LogP contribution in [0.25, 0.3) is 15.9 Å². The van der Waals surface area contributed by atoms with E-state index in [0.717, 1.165) is 58.7 Å². The second-order valence-electron chi connectivity index (χ2n) is 10.1. The zero-order chi connectivity index (χ0) is 26.7. The number of thiophene rings is 1. The smallest absolute Gasteiger partial charge is 0.539 e. The highest BCUT2D eigenvalue weighted by Crippen LogP contribution is 2.41. The van der Waals surface area contributed by atoms with Crippen molar-refractivity contribution in [3.63, 3.8) is 0 Å². The fourth-order valence-corrected chi connectivity index (χ4v) is 5.65. The Morgan fingerprint density at radius 2 is 1.95 bits per heavy atom. The number of pyridine rings is 1. The number of aryl methyl sites for hydroxylation is 1. The van der Waals surface area contributed by atoms with Crippen molar-refractivity contribution in [1.82, 2.24) is 10.3 Å². The summed E-state index contributed by atoms with van der Waals surface area (Å²) in [6, 6.07) is 6.49. The predicted molar refractivity (Wildman–Crippen MR) is 127 cm³/mol. The van der Waals surface area contributed by atoms with Crippen LogP contribution in [0, 0.1) is 11.3 Å². The van der Waals surface area contributed by atoms with Crippen LogP contribution in [0.3, 0.4) is 0 Å². The van der Waals surface area contributed by atoms with Gasteiger partial charge in [0, 0.05) is 23.2 Å². The van der Waals surface area contributed by atoms with E-state index in [1.54, 1.807) is 0 Å². The molecule has 12 heteroatoms. The minimum absolute atomic E-state index is 0.114. The van der Waals surface area contributed by atoms with E-state index in [9.17, 15) is 23.1 Å². The van der Waals surface area contributed by atoms with Crippen LogP contribution in [-0.2, 0) is 12.8 Å². The minimum atomic E-state index is -4.86. The largest absolute Gasteiger partial charge is 0.573 e. The molecule has 1 unspecified atom stereocenters. The molecule has 4 aromatic rings. The quantitative estimate of drug-likeness (QED) is 0.304. The summed E-state index contributed by atoms with van der Waals surface area (Å²) >= 11 is 1.08. The number of nitrogen functional groups attached to an aromatic ring is 1. The van der Waals surface area contributed by atoms with E-state index in [4.69, 9.17) is 15.2 Å². The standard InChI is InChI=1S/C25H23F3N4O4S/c1-24(2,3)13-4-9-17-12(10-13)11-16-18(29)21(37-22(16)30-17)20(33)19-23(34)36-31-32(19)14-5-7-15(8-6-14)35-25(26,27)28/h5-8,11,13H,4,9-10H2,1-3H3,(H2-,29,31,33,34). The molecule has 3 aromatic heterocycles. The van der Waals surface area contributed by atoms with Gasteiger partial charge in [-0.15, -0.1) is 24.5 Å². The van der Waals surface area contributed by atoms with Gasteiger partial charge in [-0.05, 0) is 59.0 Å². The summed E-state index contributed by atoms with van der Waals surface area (Å²) in [5, 5.41) is 16.7. The van der Waals surface area contributed by atoms with Gasteiger partial charge in [-0.1, -0.05) is 20.8 Å². The maximum absolute atomic E-state index is 13.5. The monoisotopic (exact) mass is 532 g/mol. The van der Waals surface area contributed by atoms with E-state index >= 15 is 0 Å². The summed E-state index contributed by atoms with van der Waals surface area (Å²) < 4.78 is 46.9. The molecule has 2 N–H and O–H groups in total. The zero-order valence-corrected chi connectivity index (χ0v) is 21.0. The van der Waals surface area contributed by atoms with Crippen LogP contribution in [-0.4, -0.2) is 22.4 Å². The van der Waals surface area contributed by atoms with E-state index in [1.807, 2.05) is 6.07 Å². The van der Waals surface area contributed by atoms with Gasteiger partial charge in [0.2, 0.25) is 5.69 Å². The first-order valence-electron chi connectivity index (χ1n) is 11.5. The van der Waals surface area contributed by atoms with Gasteiger partial charge < -0.3 is 20.1 Å². The van der Waals surface area contributed by atoms with E-state index in [1.165, 1.54) is 12.1 Å². The van der Waals surface area contributed by atoms with E-state index in [-0.39, 0.29) is 21.7 Å². The highest BCUT2D eigenvalue weighted by Gasteiger charge is 2.35. The molecular weight excluding hydrogens is 509 g/mol. The Kier molecular flexibility index (Phi) is 5.89. The van der Waals surface area contributed by atoms with Crippen molar-refractivity contribution >= 4 is 33.0 Å². The second-order valence-corrected chi connectivity index (χ2v) is 11.1. The van der Waals surface area contributed by atoms with Gasteiger partial charge in [0.25, 0.3) is 5.78 Å². The number of ether oxygens (including phenoxy) is 1. The summed E-state index contributed by atoms with van der Waals surface area (Å²) in [6.45, 7) is 6.65. The molecule has 0 spiro atoms. The molecule has 0 fully saturated rings. The SMILES string of the molecule is CC(C)(C)C1CCc2nc3sc(C(=O)c4c([O-])on[n+]4-c4ccc(OC(F)(F)F)cc4)c(N)c3cc2C1. The molecule has 0 aliphatic heterocycles. The van der Waals surface area contributed by atoms with Crippen LogP contribution < -0.4 is 20.3 Å². The number of nitrogens with two attached hydrogens (primary N) is 1. The van der Waals surface area contributed by atoms with Crippen molar-refractivity contribution in [2.45, 2.75) is 46.4 Å². The van der Waals surface area contributed by atoms with E-state index in [0.29, 0.717) is 16.1 Å². The lowest BCUT2D eigenvalue weighted by Crippen LogP contribution is -2.39. The number of aromatic nitrogens is 3. The molecule has 1 aromatic carbocycles. The third-order valence-corrected chi connectivity index (χ3v) is 7.77. The Balaban J connectivity index is 1.50. The molecule has 0 amide bonds. The number of rotatable bonds is 4. The van der Waals surface area contributed by atoms with Crippen LogP contribution in [0.1, 0.15) is 53.8 Å². The summed E-state index contributed by atoms with van der Waals surface area (Å²) in [4.78, 5) is 19.0. The van der Waals surface area contributed by atoms with Crippen LogP contribution in [0.15, 0.2) is 34.9 Å². The van der Waals surface area contributed by atoms with Crippen LogP contribution in [0.4, 0.5) is 18.9 Å². The highest BCUT2D eigenvalue weighted by atomic mass is 32.1. The van der Waals surface area contributed by atoms with Crippen LogP contribution in [0.5, 0.6) is 11.7 Å². The van der Waals surface area contributed by atoms with Gasteiger partial charge in [-0.25, -0.2) is 4.98 Å². The number of ketones is 1. The van der Waals surface area contributed by atoms with Crippen molar-refractivity contribution in [3.8, 4) is 17.4 Å². The number of halogens is 3. The Bertz CT molecular complexity index is 1500. The average molecular weight is 533 g/mol. The molecule has 3 heterocycles. The van der Waals surface area contributed by atoms with Crippen molar-refractivity contribution in [2.75, 3.05) is 5.73 Å². The van der Waals surface area contributed by atoms with Crippen LogP contribution >= 0.6 is 11.3 Å². The Labute approximate surface area is 213 Å². The molecule has 0 bridgehead atoms. The molecule has 1 aliphatic carbocycles. The number of hydrogen-bond donors (Lipinski definition) is 1. The van der Waals surface area contributed by atoms with E-state index in [2.05, 4.69) is 30.8 Å². The van der Waals surface area contributed by atoms with Gasteiger partial charge in [0.05, 0.1) is 11.0 Å². The number of hydrogen-bond acceptors (Lipinski definition) is 8. The first-order chi connectivity index (χ1) is 17.3. The Morgan fingerprint density at radius 3 is 2.59 bits per heavy atom. The molecule has 0 radical (unpaired) electrons. The first kappa shape index (κ1) is 25.0. The summed E-state index contributed by atoms with van der Waals surface area (Å²) in [7, 11) is 0. The molecule has 0 saturated heterocycles. The number of carbonyl (C=O) groups is 1. The lowest BCUT2D eigenvalue weighted by atomic mass is 9.71. The number of fused-ring (bicyclic) bond motifs is 2. The van der Waals surface area contributed by atoms with Gasteiger partial charge in [0.15, 0.2) is 5.95 Å². The molecule has 5 rings (SSSR count). The normalized spacial score (nSPS) is 16.1. The second kappa shape index (κ2) is 8.72. The molecule has 37 heavy (non-hydrogen) atoms. The van der Waals surface area contributed by atoms with Gasteiger partial charge in [-0.3, -0.25) is 4.79 Å². The summed E-state index contributed by atoms with van der Waals surface area (Å²) in [5.74, 6) is -1.69. The lowest BCUT2D eigenvalue weighted by Gasteiger charge is -2.34. The number of carbonyl (C=O) groups excluding carboxylic acids is 1. The molecule has 0 saturated carbocycles. The van der Waals surface area contributed by atoms with Gasteiger partial charge >= 0.3 is 12.1 Å². The lowest BCUT2D eigenvalue weighted by molar-refractivity contribution is -0.672. The fourth-order valence-electron chi connectivity index (χ4n) is 4.61. The van der Waals surface area contributed by atoms with Crippen molar-refractivity contribution in [3.05, 3.63) is 52.2 Å². The van der Waals surface area contributed by atoms with Gasteiger partial charge in [0.1, 0.15) is 15.5 Å². The predicted octanol–water partition coefficient (Wildman–Crippen LogP) is 4.50. The molecule has 1 aliphatic rings. The van der Waals surface area contributed by atoms with Gasteiger partial charge in [-0.2, -0.15) is 0 Å². The maximum atomic E-state index is 13.5. The molecular formula is C25H23F3N4O4S. The minimum Gasteiger partial charge on any atom is -0.539 e. The number of anilines is 1. The fraction of sp³-hybridized carbons (Fsp3) is 0.360. The topological polar surface area (TPSA) is 118 Å². The Morgan fingerprint density at radius 1 is 1.24 bits per heavy atom. The number of benzene rings is 1. The summed E-state index contributed by atoms with van der Waals surface area (Å²) in [5.41, 5.74) is 8.53.